The van der Waals surface area contributed by atoms with Gasteiger partial charge in [-0.3, -0.25) is 0 Å². The number of anilines is 1. The topological polar surface area (TPSA) is 64.1 Å². The van der Waals surface area contributed by atoms with Gasteiger partial charge in [-0.15, -0.1) is 0 Å². The standard InChI is InChI=1S/C20H32BN3O4/c1-15(2)14-26-18(25)24-11-9-23(10-12-24)17-8-7-16(13-22-17)21-27-19(3,4)20(5,6)28-21/h7-8,13,15H,9-12,14H2,1-6H3. The summed E-state index contributed by atoms with van der Waals surface area (Å²) in [5.74, 6) is 1.24. The summed E-state index contributed by atoms with van der Waals surface area (Å²) in [6.07, 6.45) is 1.60. The molecule has 1 aromatic heterocycles. The zero-order valence-electron chi connectivity index (χ0n) is 17.9. The largest absolute Gasteiger partial charge is 0.496 e. The Morgan fingerprint density at radius 3 is 2.25 bits per heavy atom. The summed E-state index contributed by atoms with van der Waals surface area (Å²) in [7, 11) is -0.404. The lowest BCUT2D eigenvalue weighted by atomic mass is 9.80. The van der Waals surface area contributed by atoms with Crippen LogP contribution in [-0.4, -0.2) is 67.1 Å². The number of carbonyl (C=O) groups excluding carboxylic acids is 1. The predicted octanol–water partition coefficient (Wildman–Crippen LogP) is 2.30. The average molecular weight is 389 g/mol. The van der Waals surface area contributed by atoms with Crippen LogP contribution in [0.3, 0.4) is 0 Å². The van der Waals surface area contributed by atoms with Gasteiger partial charge in [0.1, 0.15) is 5.82 Å². The van der Waals surface area contributed by atoms with E-state index in [4.69, 9.17) is 14.0 Å². The van der Waals surface area contributed by atoms with E-state index in [1.807, 2.05) is 59.9 Å². The van der Waals surface area contributed by atoms with Gasteiger partial charge in [0.25, 0.3) is 0 Å². The average Bonchev–Trinajstić information content (AvgIpc) is 2.87. The maximum absolute atomic E-state index is 12.1. The molecule has 0 unspecified atom stereocenters. The molecule has 0 aromatic carbocycles. The van der Waals surface area contributed by atoms with Crippen LogP contribution in [0.5, 0.6) is 0 Å². The molecule has 7 nitrogen and oxygen atoms in total. The van der Waals surface area contributed by atoms with E-state index in [-0.39, 0.29) is 17.3 Å². The smallest absolute Gasteiger partial charge is 0.449 e. The number of piperazine rings is 1. The number of amides is 1. The predicted molar refractivity (Wildman–Crippen MR) is 110 cm³/mol. The van der Waals surface area contributed by atoms with E-state index in [0.29, 0.717) is 25.6 Å². The molecule has 28 heavy (non-hydrogen) atoms. The van der Waals surface area contributed by atoms with Crippen LogP contribution in [0.2, 0.25) is 0 Å². The number of ether oxygens (including phenoxy) is 1. The third kappa shape index (κ3) is 4.44. The number of pyridine rings is 1. The lowest BCUT2D eigenvalue weighted by molar-refractivity contribution is 0.00578. The van der Waals surface area contributed by atoms with Gasteiger partial charge in [-0.2, -0.15) is 0 Å². The molecule has 0 saturated carbocycles. The molecule has 1 aromatic rings. The molecule has 0 bridgehead atoms. The third-order valence-electron chi connectivity index (χ3n) is 5.70. The second kappa shape index (κ2) is 7.91. The SMILES string of the molecule is CC(C)COC(=O)N1CCN(c2ccc(B3OC(C)(C)C(C)(C)O3)cn2)CC1. The van der Waals surface area contributed by atoms with Gasteiger partial charge in [0.2, 0.25) is 0 Å². The van der Waals surface area contributed by atoms with Crippen molar-refractivity contribution in [1.82, 2.24) is 9.88 Å². The van der Waals surface area contributed by atoms with Crippen molar-refractivity contribution < 1.29 is 18.8 Å². The summed E-state index contributed by atoms with van der Waals surface area (Å²) in [6.45, 7) is 15.4. The van der Waals surface area contributed by atoms with E-state index in [1.54, 1.807) is 4.90 Å². The van der Waals surface area contributed by atoms with Crippen LogP contribution < -0.4 is 10.4 Å². The van der Waals surface area contributed by atoms with Crippen LogP contribution >= 0.6 is 0 Å². The maximum atomic E-state index is 12.1. The number of rotatable bonds is 4. The molecule has 2 saturated heterocycles. The van der Waals surface area contributed by atoms with Crippen molar-refractivity contribution in [2.45, 2.75) is 52.7 Å². The molecule has 0 N–H and O–H groups in total. The lowest BCUT2D eigenvalue weighted by Gasteiger charge is -2.34. The van der Waals surface area contributed by atoms with Gasteiger partial charge in [-0.25, -0.2) is 9.78 Å². The first-order chi connectivity index (χ1) is 13.1. The molecule has 8 heteroatoms. The van der Waals surface area contributed by atoms with Crippen LogP contribution in [-0.2, 0) is 14.0 Å². The Hall–Kier alpha value is -1.80. The van der Waals surface area contributed by atoms with Gasteiger partial charge < -0.3 is 23.8 Å². The first-order valence-corrected chi connectivity index (χ1v) is 10.1. The minimum Gasteiger partial charge on any atom is -0.449 e. The Bertz CT molecular complexity index is 669. The van der Waals surface area contributed by atoms with Gasteiger partial charge in [-0.1, -0.05) is 19.9 Å². The maximum Gasteiger partial charge on any atom is 0.496 e. The molecule has 1 amide bonds. The van der Waals surface area contributed by atoms with Crippen molar-refractivity contribution in [2.75, 3.05) is 37.7 Å². The Labute approximate surface area is 168 Å². The van der Waals surface area contributed by atoms with Crippen molar-refractivity contribution in [3.63, 3.8) is 0 Å². The Balaban J connectivity index is 1.55. The summed E-state index contributed by atoms with van der Waals surface area (Å²) >= 11 is 0. The minimum absolute atomic E-state index is 0.225. The molecule has 2 aliphatic rings. The van der Waals surface area contributed by atoms with E-state index in [2.05, 4.69) is 9.88 Å². The van der Waals surface area contributed by atoms with E-state index in [1.165, 1.54) is 0 Å². The zero-order chi connectivity index (χ0) is 20.5. The summed E-state index contributed by atoms with van der Waals surface area (Å²) in [5, 5.41) is 0. The normalized spacial score (nSPS) is 21.3. The minimum atomic E-state index is -0.404. The lowest BCUT2D eigenvalue weighted by Crippen LogP contribution is -2.49. The van der Waals surface area contributed by atoms with E-state index in [0.717, 1.165) is 24.4 Å². The van der Waals surface area contributed by atoms with Crippen molar-refractivity contribution in [3.05, 3.63) is 18.3 Å². The molecule has 3 heterocycles. The number of hydrogen-bond donors (Lipinski definition) is 0. The highest BCUT2D eigenvalue weighted by atomic mass is 16.7. The van der Waals surface area contributed by atoms with Gasteiger partial charge >= 0.3 is 13.2 Å². The number of hydrogen-bond acceptors (Lipinski definition) is 6. The molecule has 0 radical (unpaired) electrons. The summed E-state index contributed by atoms with van der Waals surface area (Å²) in [4.78, 5) is 20.6. The number of nitrogens with zero attached hydrogens (tertiary/aromatic N) is 3. The molecule has 2 aliphatic heterocycles. The van der Waals surface area contributed by atoms with Crippen molar-refractivity contribution in [3.8, 4) is 0 Å². The monoisotopic (exact) mass is 389 g/mol. The van der Waals surface area contributed by atoms with Crippen LogP contribution in [0.1, 0.15) is 41.5 Å². The summed E-state index contributed by atoms with van der Waals surface area (Å²) in [6, 6.07) is 4.00. The van der Waals surface area contributed by atoms with E-state index < -0.39 is 7.12 Å². The Morgan fingerprint density at radius 1 is 1.14 bits per heavy atom. The van der Waals surface area contributed by atoms with Gasteiger partial charge in [0.15, 0.2) is 0 Å². The summed E-state index contributed by atoms with van der Waals surface area (Å²) in [5.41, 5.74) is 0.187. The second-order valence-corrected chi connectivity index (χ2v) is 8.98. The first-order valence-electron chi connectivity index (χ1n) is 10.1. The van der Waals surface area contributed by atoms with Crippen molar-refractivity contribution in [2.24, 2.45) is 5.92 Å². The molecule has 0 atom stereocenters. The van der Waals surface area contributed by atoms with E-state index >= 15 is 0 Å². The molecule has 3 rings (SSSR count). The van der Waals surface area contributed by atoms with Crippen LogP contribution in [0.15, 0.2) is 18.3 Å². The van der Waals surface area contributed by atoms with Crippen molar-refractivity contribution in [1.29, 1.82) is 0 Å². The molecule has 0 aliphatic carbocycles. The van der Waals surface area contributed by atoms with Crippen LogP contribution in [0.4, 0.5) is 10.6 Å². The fraction of sp³-hybridized carbons (Fsp3) is 0.700. The second-order valence-electron chi connectivity index (χ2n) is 8.98. The van der Waals surface area contributed by atoms with Crippen LogP contribution in [0, 0.1) is 5.92 Å². The molecule has 0 spiro atoms. The quantitative estimate of drug-likeness (QED) is 0.737. The van der Waals surface area contributed by atoms with Crippen LogP contribution in [0.25, 0.3) is 0 Å². The molecule has 154 valence electrons. The molecule has 2 fully saturated rings. The van der Waals surface area contributed by atoms with Gasteiger partial charge in [0.05, 0.1) is 17.8 Å². The van der Waals surface area contributed by atoms with Gasteiger partial charge in [0, 0.05) is 37.8 Å². The highest BCUT2D eigenvalue weighted by molar-refractivity contribution is 6.62. The fourth-order valence-electron chi connectivity index (χ4n) is 3.15. The van der Waals surface area contributed by atoms with E-state index in [9.17, 15) is 4.79 Å². The van der Waals surface area contributed by atoms with Gasteiger partial charge in [-0.05, 0) is 39.7 Å². The number of carbonyl (C=O) groups is 1. The fourth-order valence-corrected chi connectivity index (χ4v) is 3.15. The van der Waals surface area contributed by atoms with Crippen molar-refractivity contribution >= 4 is 24.5 Å². The highest BCUT2D eigenvalue weighted by Gasteiger charge is 2.51. The Kier molecular flexibility index (Phi) is 5.91. The summed E-state index contributed by atoms with van der Waals surface area (Å²) < 4.78 is 17.5. The Morgan fingerprint density at radius 2 is 1.75 bits per heavy atom. The highest BCUT2D eigenvalue weighted by Crippen LogP contribution is 2.36. The zero-order valence-corrected chi connectivity index (χ0v) is 17.9. The third-order valence-corrected chi connectivity index (χ3v) is 5.70. The molecular formula is C20H32BN3O4. The molecular weight excluding hydrogens is 357 g/mol. The number of aromatic nitrogens is 1. The first kappa shape index (κ1) is 20.9.